The lowest BCUT2D eigenvalue weighted by molar-refractivity contribution is 0.280. The maximum atomic E-state index is 12.8. The zero-order valence-electron chi connectivity index (χ0n) is 8.48. The van der Waals surface area contributed by atoms with E-state index < -0.39 is 0 Å². The van der Waals surface area contributed by atoms with Crippen LogP contribution in [0.15, 0.2) is 18.2 Å². The van der Waals surface area contributed by atoms with Crippen LogP contribution in [0.3, 0.4) is 0 Å². The fourth-order valence-corrected chi connectivity index (χ4v) is 1.73. The molecule has 0 bridgehead atoms. The number of hydrogen-bond donors (Lipinski definition) is 1. The highest BCUT2D eigenvalue weighted by Gasteiger charge is 2.07. The van der Waals surface area contributed by atoms with Crippen LogP contribution in [-0.4, -0.2) is 15.3 Å². The van der Waals surface area contributed by atoms with E-state index in [1.807, 2.05) is 0 Å². The summed E-state index contributed by atoms with van der Waals surface area (Å²) in [5.74, 6) is 0.222. The van der Waals surface area contributed by atoms with Gasteiger partial charge in [-0.05, 0) is 30.7 Å². The minimum absolute atomic E-state index is 0.163. The van der Waals surface area contributed by atoms with Gasteiger partial charge >= 0.3 is 0 Å². The lowest BCUT2D eigenvalue weighted by Gasteiger charge is -2.04. The number of halogens is 1. The highest BCUT2D eigenvalue weighted by Crippen LogP contribution is 2.27. The Morgan fingerprint density at radius 1 is 1.44 bits per heavy atom. The second kappa shape index (κ2) is 4.54. The molecule has 2 aromatic rings. The van der Waals surface area contributed by atoms with E-state index in [1.165, 1.54) is 18.2 Å². The topological polar surface area (TPSA) is 55.2 Å². The summed E-state index contributed by atoms with van der Waals surface area (Å²) in [6.45, 7) is 1.58. The molecule has 1 aromatic heterocycles. The maximum Gasteiger partial charge on any atom is 0.299 e. The summed E-state index contributed by atoms with van der Waals surface area (Å²) in [5.41, 5.74) is 0.681. The first-order valence-corrected chi connectivity index (χ1v) is 5.38. The van der Waals surface area contributed by atoms with E-state index in [0.29, 0.717) is 21.5 Å². The molecule has 1 N–H and O–H groups in total. The van der Waals surface area contributed by atoms with Crippen molar-refractivity contribution in [1.29, 1.82) is 0 Å². The molecular weight excluding hydrogens is 231 g/mol. The van der Waals surface area contributed by atoms with Crippen molar-refractivity contribution < 1.29 is 14.2 Å². The number of hydrogen-bond acceptors (Lipinski definition) is 5. The maximum absolute atomic E-state index is 12.8. The summed E-state index contributed by atoms with van der Waals surface area (Å²) in [6.07, 6.45) is 0. The molecule has 0 saturated carbocycles. The third kappa shape index (κ3) is 2.34. The van der Waals surface area contributed by atoms with Crippen LogP contribution < -0.4 is 4.74 Å². The largest absolute Gasteiger partial charge is 0.430 e. The Hall–Kier alpha value is -1.53. The number of rotatable bonds is 3. The molecule has 1 aromatic carbocycles. The van der Waals surface area contributed by atoms with Gasteiger partial charge in [0, 0.05) is 0 Å². The fraction of sp³-hybridized carbons (Fsp3) is 0.200. The van der Waals surface area contributed by atoms with E-state index in [2.05, 4.69) is 10.2 Å². The molecule has 0 fully saturated rings. The van der Waals surface area contributed by atoms with Crippen molar-refractivity contribution in [2.75, 3.05) is 0 Å². The van der Waals surface area contributed by atoms with Crippen LogP contribution in [0.2, 0.25) is 0 Å². The van der Waals surface area contributed by atoms with E-state index in [1.54, 1.807) is 6.92 Å². The van der Waals surface area contributed by atoms with Crippen LogP contribution in [0.25, 0.3) is 0 Å². The van der Waals surface area contributed by atoms with Gasteiger partial charge in [0.1, 0.15) is 16.6 Å². The molecule has 0 radical (unpaired) electrons. The SMILES string of the molecule is Cc1cc(F)ccc1Oc1nnc(CO)s1. The summed E-state index contributed by atoms with van der Waals surface area (Å²) in [7, 11) is 0. The molecule has 16 heavy (non-hydrogen) atoms. The van der Waals surface area contributed by atoms with Crippen LogP contribution >= 0.6 is 11.3 Å². The first-order valence-electron chi connectivity index (χ1n) is 4.56. The van der Waals surface area contributed by atoms with Crippen molar-refractivity contribution in [2.45, 2.75) is 13.5 Å². The third-order valence-electron chi connectivity index (χ3n) is 1.92. The predicted octanol–water partition coefficient (Wildman–Crippen LogP) is 2.27. The van der Waals surface area contributed by atoms with Gasteiger partial charge in [0.15, 0.2) is 0 Å². The lowest BCUT2D eigenvalue weighted by atomic mass is 10.2. The zero-order chi connectivity index (χ0) is 11.5. The molecule has 2 rings (SSSR count). The van der Waals surface area contributed by atoms with Crippen LogP contribution in [0.4, 0.5) is 4.39 Å². The lowest BCUT2D eigenvalue weighted by Crippen LogP contribution is -1.88. The Bertz CT molecular complexity index is 501. The van der Waals surface area contributed by atoms with Crippen molar-refractivity contribution >= 4 is 11.3 Å². The van der Waals surface area contributed by atoms with Gasteiger partial charge in [-0.25, -0.2) is 4.39 Å². The summed E-state index contributed by atoms with van der Waals surface area (Å²) in [4.78, 5) is 0. The minimum Gasteiger partial charge on any atom is -0.430 e. The van der Waals surface area contributed by atoms with Crippen LogP contribution in [0, 0.1) is 12.7 Å². The number of aliphatic hydroxyl groups excluding tert-OH is 1. The molecule has 0 saturated heterocycles. The quantitative estimate of drug-likeness (QED) is 0.894. The number of aliphatic hydroxyl groups is 1. The van der Waals surface area contributed by atoms with E-state index in [9.17, 15) is 4.39 Å². The van der Waals surface area contributed by atoms with Gasteiger partial charge in [-0.3, -0.25) is 0 Å². The molecule has 0 spiro atoms. The summed E-state index contributed by atoms with van der Waals surface area (Å²) >= 11 is 1.15. The fourth-order valence-electron chi connectivity index (χ4n) is 1.16. The van der Waals surface area contributed by atoms with Crippen molar-refractivity contribution in [3.05, 3.63) is 34.6 Å². The smallest absolute Gasteiger partial charge is 0.299 e. The van der Waals surface area contributed by atoms with Crippen molar-refractivity contribution in [2.24, 2.45) is 0 Å². The molecule has 4 nitrogen and oxygen atoms in total. The average Bonchev–Trinajstić information content (AvgIpc) is 2.70. The van der Waals surface area contributed by atoms with Crippen molar-refractivity contribution in [1.82, 2.24) is 10.2 Å². The summed E-state index contributed by atoms with van der Waals surface area (Å²) in [5, 5.41) is 17.1. The molecule has 0 aliphatic heterocycles. The standard InChI is InChI=1S/C10H9FN2O2S/c1-6-4-7(11)2-3-8(6)15-10-13-12-9(5-14)16-10/h2-4,14H,5H2,1H3. The second-order valence-corrected chi connectivity index (χ2v) is 4.16. The number of ether oxygens (including phenoxy) is 1. The van der Waals surface area contributed by atoms with E-state index >= 15 is 0 Å². The van der Waals surface area contributed by atoms with Crippen LogP contribution in [0.5, 0.6) is 10.9 Å². The molecule has 1 heterocycles. The Labute approximate surface area is 95.3 Å². The molecule has 0 amide bonds. The number of aromatic nitrogens is 2. The molecule has 0 unspecified atom stereocenters. The molecule has 84 valence electrons. The van der Waals surface area contributed by atoms with E-state index in [0.717, 1.165) is 11.3 Å². The first-order chi connectivity index (χ1) is 7.69. The molecule has 0 aliphatic carbocycles. The van der Waals surface area contributed by atoms with Crippen molar-refractivity contribution in [3.63, 3.8) is 0 Å². The Morgan fingerprint density at radius 3 is 2.88 bits per heavy atom. The zero-order valence-corrected chi connectivity index (χ0v) is 9.29. The average molecular weight is 240 g/mol. The van der Waals surface area contributed by atoms with Gasteiger partial charge in [-0.2, -0.15) is 0 Å². The van der Waals surface area contributed by atoms with E-state index in [-0.39, 0.29) is 12.4 Å². The number of aryl methyl sites for hydroxylation is 1. The Balaban J connectivity index is 2.20. The number of benzene rings is 1. The Morgan fingerprint density at radius 2 is 2.25 bits per heavy atom. The van der Waals surface area contributed by atoms with Crippen LogP contribution in [0.1, 0.15) is 10.6 Å². The summed E-state index contributed by atoms with van der Waals surface area (Å²) in [6, 6.07) is 4.23. The highest BCUT2D eigenvalue weighted by molar-refractivity contribution is 7.13. The predicted molar refractivity (Wildman–Crippen MR) is 57.0 cm³/mol. The van der Waals surface area contributed by atoms with Gasteiger partial charge in [0.05, 0.1) is 6.61 Å². The minimum atomic E-state index is -0.307. The van der Waals surface area contributed by atoms with Crippen molar-refractivity contribution in [3.8, 4) is 10.9 Å². The molecule has 6 heteroatoms. The molecular formula is C10H9FN2O2S. The van der Waals surface area contributed by atoms with E-state index in [4.69, 9.17) is 9.84 Å². The van der Waals surface area contributed by atoms with Gasteiger partial charge in [0.2, 0.25) is 0 Å². The number of nitrogens with zero attached hydrogens (tertiary/aromatic N) is 2. The van der Waals surface area contributed by atoms with Crippen LogP contribution in [-0.2, 0) is 6.61 Å². The van der Waals surface area contributed by atoms with Gasteiger partial charge in [0.25, 0.3) is 5.19 Å². The highest BCUT2D eigenvalue weighted by atomic mass is 32.1. The monoisotopic (exact) mass is 240 g/mol. The second-order valence-electron chi connectivity index (χ2n) is 3.13. The Kier molecular flexibility index (Phi) is 3.12. The summed E-state index contributed by atoms with van der Waals surface area (Å²) < 4.78 is 18.2. The normalized spacial score (nSPS) is 10.4. The first kappa shape index (κ1) is 11.0. The third-order valence-corrected chi connectivity index (χ3v) is 2.70. The van der Waals surface area contributed by atoms with Gasteiger partial charge in [-0.15, -0.1) is 5.10 Å². The van der Waals surface area contributed by atoms with Gasteiger partial charge in [-0.1, -0.05) is 16.4 Å². The molecule has 0 aliphatic rings. The van der Waals surface area contributed by atoms with Gasteiger partial charge < -0.3 is 9.84 Å². The molecule has 0 atom stereocenters.